The first-order valence-electron chi connectivity index (χ1n) is 5.76. The van der Waals surface area contributed by atoms with E-state index in [4.69, 9.17) is 5.26 Å². The zero-order chi connectivity index (χ0) is 13.7. The second-order valence-corrected chi connectivity index (χ2v) is 3.54. The minimum atomic E-state index is -0.919. The van der Waals surface area contributed by atoms with E-state index in [2.05, 4.69) is 11.1 Å². The van der Waals surface area contributed by atoms with Gasteiger partial charge in [0.25, 0.3) is 0 Å². The van der Waals surface area contributed by atoms with Crippen LogP contribution in [0.5, 0.6) is 0 Å². The van der Waals surface area contributed by atoms with Crippen LogP contribution in [0.2, 0.25) is 0 Å². The lowest BCUT2D eigenvalue weighted by Crippen LogP contribution is -1.95. The zero-order valence-electron chi connectivity index (χ0n) is 10.5. The van der Waals surface area contributed by atoms with E-state index in [9.17, 15) is 8.78 Å². The van der Waals surface area contributed by atoms with E-state index in [1.807, 2.05) is 13.8 Å². The van der Waals surface area contributed by atoms with E-state index >= 15 is 0 Å². The lowest BCUT2D eigenvalue weighted by atomic mass is 9.98. The molecule has 0 N–H and O–H groups in total. The van der Waals surface area contributed by atoms with Crippen molar-refractivity contribution in [2.24, 2.45) is 0 Å². The molecule has 94 valence electrons. The van der Waals surface area contributed by atoms with Gasteiger partial charge in [0.15, 0.2) is 11.6 Å². The fraction of sp³-hybridized carbons (Fsp3) is 0.286. The first-order valence-corrected chi connectivity index (χ1v) is 5.76. The van der Waals surface area contributed by atoms with E-state index in [1.54, 1.807) is 6.92 Å². The van der Waals surface area contributed by atoms with E-state index in [1.165, 1.54) is 18.5 Å². The maximum absolute atomic E-state index is 13.4. The second-order valence-electron chi connectivity index (χ2n) is 3.54. The van der Waals surface area contributed by atoms with Crippen LogP contribution >= 0.6 is 0 Å². The average molecular weight is 248 g/mol. The molecule has 4 heteroatoms. The molecular weight excluding hydrogens is 234 g/mol. The van der Waals surface area contributed by atoms with E-state index < -0.39 is 17.6 Å². The molecule has 1 unspecified atom stereocenters. The van der Waals surface area contributed by atoms with Gasteiger partial charge in [-0.1, -0.05) is 19.9 Å². The smallest absolute Gasteiger partial charge is 0.168 e. The van der Waals surface area contributed by atoms with E-state index in [0.717, 1.165) is 6.07 Å². The van der Waals surface area contributed by atoms with Crippen molar-refractivity contribution in [2.45, 2.75) is 26.7 Å². The highest BCUT2D eigenvalue weighted by Crippen LogP contribution is 2.26. The van der Waals surface area contributed by atoms with E-state index in [-0.39, 0.29) is 5.39 Å². The number of rotatable bonds is 1. The Morgan fingerprint density at radius 2 is 1.83 bits per heavy atom. The van der Waals surface area contributed by atoms with Gasteiger partial charge in [-0.3, -0.25) is 4.98 Å². The van der Waals surface area contributed by atoms with Crippen molar-refractivity contribution in [3.63, 3.8) is 0 Å². The molecule has 1 atom stereocenters. The summed E-state index contributed by atoms with van der Waals surface area (Å²) in [6.07, 6.45) is 2.77. The first-order chi connectivity index (χ1) is 8.65. The first kappa shape index (κ1) is 14.0. The standard InChI is InChI=1S/C12H8F2N2.C2H6/c1-7(4-15)9-5-16-6-10-8(9)2-3-11(13)12(10)14;1-2/h2-3,5-7H,1H3;1-2H3. The largest absolute Gasteiger partial charge is 0.264 e. The normalized spacial score (nSPS) is 11.3. The summed E-state index contributed by atoms with van der Waals surface area (Å²) >= 11 is 0. The van der Waals surface area contributed by atoms with Crippen LogP contribution in [-0.2, 0) is 0 Å². The Bertz CT molecular complexity index is 588. The highest BCUT2D eigenvalue weighted by molar-refractivity contribution is 5.86. The molecule has 0 fully saturated rings. The lowest BCUT2D eigenvalue weighted by molar-refractivity contribution is 0.516. The van der Waals surface area contributed by atoms with Crippen LogP contribution < -0.4 is 0 Å². The number of nitrogens with zero attached hydrogens (tertiary/aromatic N) is 2. The van der Waals surface area contributed by atoms with Crippen LogP contribution in [0.4, 0.5) is 8.78 Å². The number of aromatic nitrogens is 1. The Morgan fingerprint density at radius 3 is 2.44 bits per heavy atom. The summed E-state index contributed by atoms with van der Waals surface area (Å²) < 4.78 is 26.4. The Hall–Kier alpha value is -2.02. The molecule has 18 heavy (non-hydrogen) atoms. The maximum atomic E-state index is 13.4. The Balaban J connectivity index is 0.000000771. The van der Waals surface area contributed by atoms with Crippen LogP contribution in [0, 0.1) is 23.0 Å². The number of nitriles is 1. The third-order valence-electron chi connectivity index (χ3n) is 2.52. The quantitative estimate of drug-likeness (QED) is 0.759. The molecule has 0 saturated carbocycles. The molecular formula is C14H14F2N2. The molecule has 0 aliphatic carbocycles. The molecule has 0 bridgehead atoms. The summed E-state index contributed by atoms with van der Waals surface area (Å²) in [4.78, 5) is 3.83. The SMILES string of the molecule is CC.CC(C#N)c1cncc2c(F)c(F)ccc12. The molecule has 1 aromatic carbocycles. The van der Waals surface area contributed by atoms with Gasteiger partial charge >= 0.3 is 0 Å². The Labute approximate surface area is 105 Å². The maximum Gasteiger partial charge on any atom is 0.168 e. The number of benzene rings is 1. The molecule has 0 saturated heterocycles. The highest BCUT2D eigenvalue weighted by Gasteiger charge is 2.13. The van der Waals surface area contributed by atoms with Crippen molar-refractivity contribution < 1.29 is 8.78 Å². The van der Waals surface area contributed by atoms with Crippen LogP contribution in [-0.4, -0.2) is 4.98 Å². The number of halogens is 2. The summed E-state index contributed by atoms with van der Waals surface area (Å²) in [5, 5.41) is 9.47. The lowest BCUT2D eigenvalue weighted by Gasteiger charge is -2.07. The molecule has 0 spiro atoms. The minimum absolute atomic E-state index is 0.111. The van der Waals surface area contributed by atoms with Gasteiger partial charge in [0, 0.05) is 17.8 Å². The number of hydrogen-bond acceptors (Lipinski definition) is 2. The fourth-order valence-corrected chi connectivity index (χ4v) is 1.62. The molecule has 2 aromatic rings. The summed E-state index contributed by atoms with van der Waals surface area (Å²) in [5.41, 5.74) is 0.610. The molecule has 2 rings (SSSR count). The molecule has 2 nitrogen and oxygen atoms in total. The molecule has 0 radical (unpaired) electrons. The molecule has 1 aromatic heterocycles. The highest BCUT2D eigenvalue weighted by atomic mass is 19.2. The predicted molar refractivity (Wildman–Crippen MR) is 67.0 cm³/mol. The van der Waals surface area contributed by atoms with Gasteiger partial charge in [-0.05, 0) is 23.9 Å². The zero-order valence-corrected chi connectivity index (χ0v) is 10.5. The molecule has 0 aliphatic heterocycles. The van der Waals surface area contributed by atoms with Crippen LogP contribution in [0.3, 0.4) is 0 Å². The summed E-state index contributed by atoms with van der Waals surface area (Å²) in [7, 11) is 0. The van der Waals surface area contributed by atoms with Gasteiger partial charge in [0.05, 0.1) is 12.0 Å². The summed E-state index contributed by atoms with van der Waals surface area (Å²) in [6, 6.07) is 4.58. The predicted octanol–water partition coefficient (Wildman–Crippen LogP) is 4.17. The number of pyridine rings is 1. The van der Waals surface area contributed by atoms with Gasteiger partial charge in [0.1, 0.15) is 0 Å². The topological polar surface area (TPSA) is 36.7 Å². The average Bonchev–Trinajstić information content (AvgIpc) is 2.44. The Morgan fingerprint density at radius 1 is 1.17 bits per heavy atom. The van der Waals surface area contributed by atoms with Gasteiger partial charge < -0.3 is 0 Å². The number of hydrogen-bond donors (Lipinski definition) is 0. The second kappa shape index (κ2) is 6.06. The van der Waals surface area contributed by atoms with Crippen LogP contribution in [0.1, 0.15) is 32.3 Å². The minimum Gasteiger partial charge on any atom is -0.264 e. The third-order valence-corrected chi connectivity index (χ3v) is 2.52. The molecule has 1 heterocycles. The summed E-state index contributed by atoms with van der Waals surface area (Å²) in [6.45, 7) is 5.69. The van der Waals surface area contributed by atoms with Crippen molar-refractivity contribution in [3.05, 3.63) is 41.7 Å². The Kier molecular flexibility index (Phi) is 4.73. The van der Waals surface area contributed by atoms with Gasteiger partial charge in [0.2, 0.25) is 0 Å². The van der Waals surface area contributed by atoms with Crippen LogP contribution in [0.25, 0.3) is 10.8 Å². The van der Waals surface area contributed by atoms with Crippen LogP contribution in [0.15, 0.2) is 24.5 Å². The monoisotopic (exact) mass is 248 g/mol. The van der Waals surface area contributed by atoms with E-state index in [0.29, 0.717) is 10.9 Å². The van der Waals surface area contributed by atoms with Crippen molar-refractivity contribution in [1.82, 2.24) is 4.98 Å². The number of fused-ring (bicyclic) bond motifs is 1. The summed E-state index contributed by atoms with van der Waals surface area (Å²) in [5.74, 6) is -2.23. The van der Waals surface area contributed by atoms with Crippen molar-refractivity contribution in [2.75, 3.05) is 0 Å². The fourth-order valence-electron chi connectivity index (χ4n) is 1.62. The third kappa shape index (κ3) is 2.45. The molecule has 0 amide bonds. The van der Waals surface area contributed by atoms with Crippen molar-refractivity contribution in [1.29, 1.82) is 5.26 Å². The van der Waals surface area contributed by atoms with Crippen molar-refractivity contribution >= 4 is 10.8 Å². The van der Waals surface area contributed by atoms with Gasteiger partial charge in [-0.15, -0.1) is 0 Å². The van der Waals surface area contributed by atoms with Crippen molar-refractivity contribution in [3.8, 4) is 6.07 Å². The van der Waals surface area contributed by atoms with Gasteiger partial charge in [-0.2, -0.15) is 5.26 Å². The van der Waals surface area contributed by atoms with Gasteiger partial charge in [-0.25, -0.2) is 8.78 Å². The molecule has 0 aliphatic rings.